The minimum atomic E-state index is 0.538. The van der Waals surface area contributed by atoms with Crippen molar-refractivity contribution in [2.75, 3.05) is 21.3 Å². The zero-order valence-corrected chi connectivity index (χ0v) is 19.7. The van der Waals surface area contributed by atoms with Crippen molar-refractivity contribution in [3.05, 3.63) is 76.4 Å². The van der Waals surface area contributed by atoms with Gasteiger partial charge in [-0.1, -0.05) is 23.2 Å². The zero-order valence-electron chi connectivity index (χ0n) is 18.1. The van der Waals surface area contributed by atoms with Crippen LogP contribution in [-0.2, 0) is 0 Å². The van der Waals surface area contributed by atoms with Crippen LogP contribution in [0.1, 0.15) is 5.69 Å². The molecule has 0 spiro atoms. The minimum Gasteiger partial charge on any atom is -0.497 e. The molecule has 4 aromatic rings. The van der Waals surface area contributed by atoms with Gasteiger partial charge < -0.3 is 14.2 Å². The summed E-state index contributed by atoms with van der Waals surface area (Å²) in [5, 5.41) is 1.09. The molecule has 0 unspecified atom stereocenters. The molecule has 0 saturated carbocycles. The highest BCUT2D eigenvalue weighted by atomic mass is 35.5. The van der Waals surface area contributed by atoms with E-state index in [2.05, 4.69) is 4.57 Å². The van der Waals surface area contributed by atoms with Crippen LogP contribution in [0.4, 0.5) is 0 Å². The Kier molecular flexibility index (Phi) is 6.31. The van der Waals surface area contributed by atoms with E-state index >= 15 is 0 Å². The van der Waals surface area contributed by atoms with Crippen LogP contribution in [0.25, 0.3) is 28.3 Å². The summed E-state index contributed by atoms with van der Waals surface area (Å²) >= 11 is 13.2. The molecule has 0 atom stereocenters. The van der Waals surface area contributed by atoms with Crippen molar-refractivity contribution in [3.8, 4) is 45.6 Å². The number of benzene rings is 3. The topological polar surface area (TPSA) is 45.5 Å². The lowest BCUT2D eigenvalue weighted by atomic mass is 10.1. The maximum Gasteiger partial charge on any atom is 0.146 e. The quantitative estimate of drug-likeness (QED) is 0.310. The third-order valence-corrected chi connectivity index (χ3v) is 5.91. The van der Waals surface area contributed by atoms with Gasteiger partial charge in [0.2, 0.25) is 0 Å². The summed E-state index contributed by atoms with van der Waals surface area (Å²) in [6, 6.07) is 18.9. The Labute approximate surface area is 197 Å². The summed E-state index contributed by atoms with van der Waals surface area (Å²) in [6.07, 6.45) is 0. The Balaban J connectivity index is 1.96. The number of hydrogen-bond acceptors (Lipinski definition) is 4. The predicted octanol–water partition coefficient (Wildman–Crippen LogP) is 6.85. The van der Waals surface area contributed by atoms with Crippen molar-refractivity contribution in [1.29, 1.82) is 0 Å². The summed E-state index contributed by atoms with van der Waals surface area (Å²) < 4.78 is 18.0. The van der Waals surface area contributed by atoms with Crippen molar-refractivity contribution in [3.63, 3.8) is 0 Å². The van der Waals surface area contributed by atoms with E-state index < -0.39 is 0 Å². The van der Waals surface area contributed by atoms with Crippen LogP contribution >= 0.6 is 23.2 Å². The molecule has 0 amide bonds. The first-order valence-corrected chi connectivity index (χ1v) is 10.6. The Morgan fingerprint density at radius 2 is 1.19 bits per heavy atom. The molecule has 0 aliphatic heterocycles. The van der Waals surface area contributed by atoms with Crippen molar-refractivity contribution >= 4 is 23.2 Å². The van der Waals surface area contributed by atoms with E-state index in [1.807, 2.05) is 55.5 Å². The molecule has 3 aromatic carbocycles. The molecule has 5 nitrogen and oxygen atoms in total. The molecule has 4 rings (SSSR count). The van der Waals surface area contributed by atoms with Gasteiger partial charge in [-0.3, -0.25) is 4.57 Å². The van der Waals surface area contributed by atoms with E-state index in [4.69, 9.17) is 42.4 Å². The van der Waals surface area contributed by atoms with Crippen LogP contribution < -0.4 is 14.2 Å². The van der Waals surface area contributed by atoms with Gasteiger partial charge in [-0.15, -0.1) is 0 Å². The molecule has 0 saturated heterocycles. The second kappa shape index (κ2) is 9.15. The smallest absolute Gasteiger partial charge is 0.146 e. The summed E-state index contributed by atoms with van der Waals surface area (Å²) in [5.74, 6) is 2.83. The Morgan fingerprint density at radius 1 is 0.688 bits per heavy atom. The molecule has 0 aliphatic carbocycles. The van der Waals surface area contributed by atoms with Gasteiger partial charge in [0.1, 0.15) is 23.1 Å². The largest absolute Gasteiger partial charge is 0.497 e. The Morgan fingerprint density at radius 3 is 1.69 bits per heavy atom. The second-order valence-corrected chi connectivity index (χ2v) is 7.91. The van der Waals surface area contributed by atoms with Gasteiger partial charge in [0.15, 0.2) is 0 Å². The average molecular weight is 469 g/mol. The van der Waals surface area contributed by atoms with Gasteiger partial charge in [-0.2, -0.15) is 0 Å². The standard InChI is InChI=1S/C25H22Cl2N2O3/c1-15-24(20-11-9-18(31-3)13-22(20)26)28-25(21-12-10-19(32-4)14-23(21)27)29(15)16-5-7-17(30-2)8-6-16/h5-14H,1-4H3. The Hall–Kier alpha value is -3.15. The molecule has 1 heterocycles. The normalized spacial score (nSPS) is 10.8. The van der Waals surface area contributed by atoms with Crippen LogP contribution in [0.3, 0.4) is 0 Å². The van der Waals surface area contributed by atoms with Gasteiger partial charge in [0.05, 0.1) is 37.1 Å². The number of ether oxygens (including phenoxy) is 3. The van der Waals surface area contributed by atoms with Crippen molar-refractivity contribution in [1.82, 2.24) is 9.55 Å². The number of nitrogens with zero attached hydrogens (tertiary/aromatic N) is 2. The molecule has 0 N–H and O–H groups in total. The number of aromatic nitrogens is 2. The minimum absolute atomic E-state index is 0.538. The first-order valence-electron chi connectivity index (χ1n) is 9.88. The predicted molar refractivity (Wildman–Crippen MR) is 129 cm³/mol. The molecule has 0 bridgehead atoms. The third-order valence-electron chi connectivity index (χ3n) is 5.29. The average Bonchev–Trinajstić information content (AvgIpc) is 3.15. The summed E-state index contributed by atoms with van der Waals surface area (Å²) in [7, 11) is 4.86. The lowest BCUT2D eigenvalue weighted by Crippen LogP contribution is -2.00. The molecule has 0 radical (unpaired) electrons. The lowest BCUT2D eigenvalue weighted by molar-refractivity contribution is 0.414. The Bertz CT molecular complexity index is 1270. The van der Waals surface area contributed by atoms with Gasteiger partial charge >= 0.3 is 0 Å². The lowest BCUT2D eigenvalue weighted by Gasteiger charge is -2.13. The summed E-state index contributed by atoms with van der Waals surface area (Å²) in [6.45, 7) is 2.01. The van der Waals surface area contributed by atoms with Crippen molar-refractivity contribution in [2.45, 2.75) is 6.92 Å². The van der Waals surface area contributed by atoms with Gasteiger partial charge in [-0.05, 0) is 67.6 Å². The van der Waals surface area contributed by atoms with E-state index in [0.29, 0.717) is 27.4 Å². The van der Waals surface area contributed by atoms with E-state index in [9.17, 15) is 0 Å². The first-order chi connectivity index (χ1) is 15.5. The SMILES string of the molecule is COc1ccc(-n2c(-c3ccc(OC)cc3Cl)nc(-c3ccc(OC)cc3Cl)c2C)cc1. The second-order valence-electron chi connectivity index (χ2n) is 7.09. The number of methoxy groups -OCH3 is 3. The van der Waals surface area contributed by atoms with Gasteiger partial charge in [0, 0.05) is 22.5 Å². The molecule has 32 heavy (non-hydrogen) atoms. The van der Waals surface area contributed by atoms with Crippen molar-refractivity contribution < 1.29 is 14.2 Å². The fourth-order valence-corrected chi connectivity index (χ4v) is 4.12. The number of rotatable bonds is 6. The molecule has 0 aliphatic rings. The summed E-state index contributed by atoms with van der Waals surface area (Å²) in [4.78, 5) is 4.98. The van der Waals surface area contributed by atoms with Gasteiger partial charge in [-0.25, -0.2) is 4.98 Å². The van der Waals surface area contributed by atoms with E-state index in [1.54, 1.807) is 33.5 Å². The highest BCUT2D eigenvalue weighted by Gasteiger charge is 2.21. The summed E-state index contributed by atoms with van der Waals surface area (Å²) in [5.41, 5.74) is 4.19. The first kappa shape index (κ1) is 22.1. The van der Waals surface area contributed by atoms with E-state index in [1.165, 1.54) is 0 Å². The molecular formula is C25H22Cl2N2O3. The number of imidazole rings is 1. The molecular weight excluding hydrogens is 447 g/mol. The van der Waals surface area contributed by atoms with E-state index in [-0.39, 0.29) is 0 Å². The maximum atomic E-state index is 6.63. The fourth-order valence-electron chi connectivity index (χ4n) is 3.60. The van der Waals surface area contributed by atoms with Crippen LogP contribution in [0.5, 0.6) is 17.2 Å². The van der Waals surface area contributed by atoms with Crippen LogP contribution in [-0.4, -0.2) is 30.9 Å². The fraction of sp³-hybridized carbons (Fsp3) is 0.160. The van der Waals surface area contributed by atoms with Crippen LogP contribution in [0, 0.1) is 6.92 Å². The number of halogens is 2. The third kappa shape index (κ3) is 4.01. The highest BCUT2D eigenvalue weighted by Crippen LogP contribution is 2.39. The molecule has 164 valence electrons. The van der Waals surface area contributed by atoms with Crippen LogP contribution in [0.15, 0.2) is 60.7 Å². The monoisotopic (exact) mass is 468 g/mol. The zero-order chi connectivity index (χ0) is 22.8. The maximum absolute atomic E-state index is 6.63. The van der Waals surface area contributed by atoms with Crippen molar-refractivity contribution in [2.24, 2.45) is 0 Å². The van der Waals surface area contributed by atoms with Gasteiger partial charge in [0.25, 0.3) is 0 Å². The molecule has 7 heteroatoms. The molecule has 0 fully saturated rings. The number of hydrogen-bond donors (Lipinski definition) is 0. The highest BCUT2D eigenvalue weighted by molar-refractivity contribution is 6.34. The van der Waals surface area contributed by atoms with Crippen LogP contribution in [0.2, 0.25) is 10.0 Å². The molecule has 1 aromatic heterocycles. The van der Waals surface area contributed by atoms with E-state index in [0.717, 1.165) is 34.0 Å².